The number of aromatic nitrogens is 2. The quantitative estimate of drug-likeness (QED) is 0.0394. The van der Waals surface area contributed by atoms with Crippen LogP contribution in [0.5, 0.6) is 17.2 Å². The normalized spacial score (nSPS) is 24.9. The van der Waals surface area contributed by atoms with Crippen LogP contribution in [-0.2, 0) is 39.9 Å². The second-order valence-electron chi connectivity index (χ2n) is 22.4. The van der Waals surface area contributed by atoms with E-state index in [2.05, 4.69) is 36.8 Å². The van der Waals surface area contributed by atoms with Gasteiger partial charge in [-0.15, -0.1) is 10.2 Å². The minimum Gasteiger partial charge on any atom is -0.504 e. The lowest BCUT2D eigenvalue weighted by molar-refractivity contribution is -0.147. The number of hydrogen-bond donors (Lipinski definition) is 14. The molecule has 0 saturated carbocycles. The van der Waals surface area contributed by atoms with Crippen LogP contribution in [-0.4, -0.2) is 230 Å². The highest BCUT2D eigenvalue weighted by atomic mass is 32.1. The van der Waals surface area contributed by atoms with E-state index in [4.69, 9.17) is 25.7 Å². The largest absolute Gasteiger partial charge is 0.504 e. The molecule has 0 radical (unpaired) electrons. The van der Waals surface area contributed by atoms with Crippen LogP contribution in [0.25, 0.3) is 32.3 Å². The third-order valence-electron chi connectivity index (χ3n) is 15.7. The number of aliphatic hydroxyl groups is 6. The van der Waals surface area contributed by atoms with Gasteiger partial charge in [-0.3, -0.25) is 33.6 Å². The number of nitrogens with one attached hydrogen (secondary N) is 5. The van der Waals surface area contributed by atoms with Crippen LogP contribution in [0.1, 0.15) is 49.0 Å². The van der Waals surface area contributed by atoms with Crippen molar-refractivity contribution in [1.29, 1.82) is 0 Å². The van der Waals surface area contributed by atoms with Gasteiger partial charge in [-0.05, 0) is 73.0 Å². The topological polar surface area (TPSA) is 433 Å². The molecule has 4 heterocycles. The van der Waals surface area contributed by atoms with E-state index >= 15 is 0 Å². The number of fused-ring (bicyclic) bond motifs is 2. The molecule has 29 heteroatoms. The van der Waals surface area contributed by atoms with Gasteiger partial charge in [0, 0.05) is 75.2 Å². The van der Waals surface area contributed by atoms with Crippen LogP contribution in [0.2, 0.25) is 0 Å². The zero-order chi connectivity index (χ0) is 64.9. The molecule has 0 bridgehead atoms. The highest BCUT2D eigenvalue weighted by Gasteiger charge is 2.50. The minimum absolute atomic E-state index is 0.00759. The number of phenolic OH excluding ortho intramolecular Hbond substituents is 1. The first-order chi connectivity index (χ1) is 43.1. The molecule has 3 saturated heterocycles. The Bertz CT molecular complexity index is 3310. The molecular formula is C61H77N11O17S. The highest BCUT2D eigenvalue weighted by molar-refractivity contribution is 7.17. The number of amides is 7. The number of β-amino-alcohol motifs (C(OH)–C–C–N with tert-alkyl or cyclic N) is 1. The van der Waals surface area contributed by atoms with E-state index in [-0.39, 0.29) is 55.3 Å². The average Bonchev–Trinajstić information content (AvgIpc) is 1.88. The van der Waals surface area contributed by atoms with Gasteiger partial charge in [0.1, 0.15) is 65.2 Å². The molecule has 7 amide bonds. The van der Waals surface area contributed by atoms with Gasteiger partial charge in [-0.25, -0.2) is 0 Å². The van der Waals surface area contributed by atoms with E-state index in [9.17, 15) is 69.3 Å². The van der Waals surface area contributed by atoms with Crippen molar-refractivity contribution in [3.63, 3.8) is 0 Å². The van der Waals surface area contributed by atoms with Crippen molar-refractivity contribution in [2.24, 2.45) is 17.4 Å². The summed E-state index contributed by atoms with van der Waals surface area (Å²) in [7, 11) is 1.61. The zero-order valence-electron chi connectivity index (χ0n) is 49.7. The van der Waals surface area contributed by atoms with Crippen LogP contribution in [0.3, 0.4) is 0 Å². The molecule has 3 aliphatic heterocycles. The number of aromatic hydroxyl groups is 1. The molecule has 0 aliphatic carbocycles. The Morgan fingerprint density at radius 1 is 0.689 bits per heavy atom. The van der Waals surface area contributed by atoms with Crippen LogP contribution in [0.4, 0.5) is 0 Å². The van der Waals surface area contributed by atoms with Crippen molar-refractivity contribution >= 4 is 52.7 Å². The smallest absolute Gasteiger partial charge is 0.251 e. The van der Waals surface area contributed by atoms with E-state index in [1.807, 2.05) is 48.5 Å². The van der Waals surface area contributed by atoms with Gasteiger partial charge in [0.2, 0.25) is 35.4 Å². The zero-order valence-corrected chi connectivity index (χ0v) is 50.5. The lowest BCUT2D eigenvalue weighted by atomic mass is 9.98. The molecule has 13 atom stereocenters. The summed E-state index contributed by atoms with van der Waals surface area (Å²) in [5, 5.41) is 101. The van der Waals surface area contributed by atoms with E-state index in [1.165, 1.54) is 48.6 Å². The Morgan fingerprint density at radius 3 is 1.93 bits per heavy atom. The van der Waals surface area contributed by atoms with Crippen LogP contribution < -0.4 is 47.5 Å². The highest BCUT2D eigenvalue weighted by Crippen LogP contribution is 2.33. The summed E-state index contributed by atoms with van der Waals surface area (Å²) in [6, 6.07) is 14.6. The summed E-state index contributed by atoms with van der Waals surface area (Å²) in [6.07, 6.45) is -11.9. The van der Waals surface area contributed by atoms with Crippen molar-refractivity contribution in [2.75, 3.05) is 59.7 Å². The number of nitrogens with zero attached hydrogens (tertiary/aromatic N) is 4. The molecule has 8 rings (SSSR count). The van der Waals surface area contributed by atoms with Crippen molar-refractivity contribution in [2.45, 2.75) is 112 Å². The summed E-state index contributed by atoms with van der Waals surface area (Å²) < 4.78 is 16.2. The van der Waals surface area contributed by atoms with Gasteiger partial charge in [-0.1, -0.05) is 72.9 Å². The van der Waals surface area contributed by atoms with Gasteiger partial charge in [0.05, 0.1) is 43.2 Å². The maximum absolute atomic E-state index is 14.7. The first-order valence-corrected chi connectivity index (χ1v) is 30.2. The van der Waals surface area contributed by atoms with E-state index in [0.29, 0.717) is 28.8 Å². The monoisotopic (exact) mass is 1270 g/mol. The lowest BCUT2D eigenvalue weighted by Crippen LogP contribution is -2.64. The minimum atomic E-state index is -2.05. The Labute approximate surface area is 521 Å². The van der Waals surface area contributed by atoms with E-state index in [0.717, 1.165) is 39.2 Å². The second-order valence-corrected chi connectivity index (χ2v) is 23.4. The molecule has 1 aromatic heterocycles. The average molecular weight is 1270 g/mol. The number of methoxy groups -OCH3 is 1. The predicted molar refractivity (Wildman–Crippen MR) is 325 cm³/mol. The van der Waals surface area contributed by atoms with Crippen LogP contribution in [0.15, 0.2) is 91.0 Å². The van der Waals surface area contributed by atoms with Crippen LogP contribution >= 0.6 is 11.3 Å². The summed E-state index contributed by atoms with van der Waals surface area (Å²) in [4.78, 5) is 103. The number of ether oxygens (including phenoxy) is 3. The summed E-state index contributed by atoms with van der Waals surface area (Å²) in [6.45, 7) is 1.94. The summed E-state index contributed by atoms with van der Waals surface area (Å²) >= 11 is 1.30. The maximum Gasteiger partial charge on any atom is 0.251 e. The molecule has 3 aliphatic rings. The first-order valence-electron chi connectivity index (χ1n) is 29.4. The number of carbonyl (C=O) groups excluding carboxylic acids is 7. The number of aliphatic hydroxyl groups excluding tert-OH is 6. The number of phenols is 1. The molecular weight excluding hydrogens is 1190 g/mol. The molecule has 3 fully saturated rings. The molecule has 5 aromatic rings. The fraction of sp³-hybridized carbons (Fsp3) is 0.459. The molecule has 4 aromatic carbocycles. The van der Waals surface area contributed by atoms with Gasteiger partial charge in [-0.2, -0.15) is 0 Å². The Hall–Kier alpha value is -8.23. The third-order valence-corrected chi connectivity index (χ3v) is 16.8. The van der Waals surface area contributed by atoms with Gasteiger partial charge < -0.3 is 97.8 Å². The first kappa shape index (κ1) is 67.7. The Morgan fingerprint density at radius 2 is 1.30 bits per heavy atom. The fourth-order valence-corrected chi connectivity index (χ4v) is 11.7. The summed E-state index contributed by atoms with van der Waals surface area (Å²) in [5.74, 6) is -7.98. The van der Waals surface area contributed by atoms with Crippen molar-refractivity contribution in [3.8, 4) is 49.5 Å². The Balaban J connectivity index is 1.06. The fourth-order valence-electron chi connectivity index (χ4n) is 10.8. The standard InChI is InChI=1S/C61H77N11O17S/c1-31-29-72-51(52(31)79)57(84)64-28-39(74)26-42(65-53(80)36-7-11-38(12-8-36)59-70-69-58(90-59)37-9-5-34(6-10-37)35-13-15-41(16-14-35)88-23-22-87-3)54(81)66-48(32(2)73)60(85)71-30-40(75)27-43(71)55(82)67-49(56(83)68-50(61(72)86)45(77)18-19-62)46(78)24-33-4-17-44(76)47(25-33)89-21-20-63/h4-17,25,31-32,39-40,42-43,45-46,48-52,73-79H,18-24,26-30,62-63H2,1-3H3,(H,64,84)(H,65,80)(H,66,81)(H,67,82)(H,68,83)/t31-,32+,39+,40+,42-,43-,45+,46+,48-,49-,50-,51-,52-/m0/s1. The Kier molecular flexibility index (Phi) is 23.3. The maximum atomic E-state index is 14.7. The number of rotatable bonds is 19. The number of benzene rings is 4. The van der Waals surface area contributed by atoms with E-state index < -0.39 is 152 Å². The second kappa shape index (κ2) is 31.0. The molecule has 90 heavy (non-hydrogen) atoms. The third kappa shape index (κ3) is 16.6. The molecule has 0 spiro atoms. The summed E-state index contributed by atoms with van der Waals surface area (Å²) in [5.41, 5.74) is 15.0. The van der Waals surface area contributed by atoms with Gasteiger partial charge in [0.15, 0.2) is 11.5 Å². The SMILES string of the molecule is COCCOc1ccc(-c2ccc(-c3nnc(-c4ccc(C(=O)N[C@H]5C[C@@H](O)CNC(=O)[C@@H]6[C@@H](O)[C@@H](C)CN6C(=O)[C@H]([C@H](O)CCN)NC(=O)[C@H]([C@H](O)Cc6ccc(O)c(OCCN)c6)NC(=O)[C@@H]6C[C@@H](O)CN6C(=O)[C@H]([C@@H](C)O)NC5=O)cc4)s3)cc2)cc1. The number of nitrogens with two attached hydrogens (primary N) is 2. The number of hydrogen-bond acceptors (Lipinski definition) is 22. The van der Waals surface area contributed by atoms with Crippen molar-refractivity contribution in [1.82, 2.24) is 46.6 Å². The predicted octanol–water partition coefficient (Wildman–Crippen LogP) is -2.10. The van der Waals surface area contributed by atoms with Gasteiger partial charge >= 0.3 is 0 Å². The lowest BCUT2D eigenvalue weighted by Gasteiger charge is -2.34. The molecule has 28 nitrogen and oxygen atoms in total. The molecule has 484 valence electrons. The van der Waals surface area contributed by atoms with E-state index in [1.54, 1.807) is 19.2 Å². The van der Waals surface area contributed by atoms with Crippen molar-refractivity contribution in [3.05, 3.63) is 102 Å². The molecule has 0 unspecified atom stereocenters. The van der Waals surface area contributed by atoms with Gasteiger partial charge in [0.25, 0.3) is 5.91 Å². The van der Waals surface area contributed by atoms with Crippen LogP contribution in [0, 0.1) is 5.92 Å². The van der Waals surface area contributed by atoms with Crippen molar-refractivity contribution < 1.29 is 83.5 Å². The molecule has 16 N–H and O–H groups in total. The number of carbonyl (C=O) groups is 7.